The van der Waals surface area contributed by atoms with Gasteiger partial charge in [-0.25, -0.2) is 13.1 Å². The fraction of sp³-hybridized carbons (Fsp3) is 0.250. The number of nitrogens with two attached hydrogens (primary N) is 1. The first-order valence-electron chi connectivity index (χ1n) is 5.93. The fourth-order valence-electron chi connectivity index (χ4n) is 1.80. The van der Waals surface area contributed by atoms with Crippen LogP contribution >= 0.6 is 11.6 Å². The molecule has 2 rings (SSSR count). The number of nitrogens with one attached hydrogen (secondary N) is 1. The van der Waals surface area contributed by atoms with Gasteiger partial charge < -0.3 is 5.73 Å². The molecule has 0 spiro atoms. The fourth-order valence-corrected chi connectivity index (χ4v) is 3.42. The monoisotopic (exact) mass is 314 g/mol. The first kappa shape index (κ1) is 14.8. The second kappa shape index (κ2) is 5.82. The summed E-state index contributed by atoms with van der Waals surface area (Å²) < 4.78 is 28.7. The Morgan fingerprint density at radius 3 is 2.90 bits per heavy atom. The van der Waals surface area contributed by atoms with Crippen LogP contribution in [0.2, 0.25) is 5.02 Å². The molecule has 20 heavy (non-hydrogen) atoms. The van der Waals surface area contributed by atoms with Crippen molar-refractivity contribution in [2.24, 2.45) is 0 Å². The molecule has 0 aliphatic carbocycles. The molecule has 0 saturated heterocycles. The lowest BCUT2D eigenvalue weighted by Crippen LogP contribution is -2.36. The van der Waals surface area contributed by atoms with E-state index < -0.39 is 10.0 Å². The molecule has 0 radical (unpaired) electrons. The second-order valence-electron chi connectivity index (χ2n) is 4.43. The molecule has 6 nitrogen and oxygen atoms in total. The minimum Gasteiger partial charge on any atom is -0.398 e. The molecule has 2 aromatic rings. The molecule has 1 unspecified atom stereocenters. The maximum atomic E-state index is 12.3. The van der Waals surface area contributed by atoms with Crippen LogP contribution in [-0.2, 0) is 16.6 Å². The topological polar surface area (TPSA) is 90.0 Å². The molecule has 0 aliphatic heterocycles. The highest BCUT2D eigenvalue weighted by atomic mass is 35.5. The molecular formula is C12H15ClN4O2S. The Kier molecular flexibility index (Phi) is 4.32. The van der Waals surface area contributed by atoms with Gasteiger partial charge in [-0.2, -0.15) is 5.10 Å². The Labute approximate surface area is 122 Å². The Morgan fingerprint density at radius 1 is 1.50 bits per heavy atom. The van der Waals surface area contributed by atoms with Crippen molar-refractivity contribution in [2.45, 2.75) is 24.4 Å². The average molecular weight is 315 g/mol. The van der Waals surface area contributed by atoms with Gasteiger partial charge in [-0.05, 0) is 31.2 Å². The zero-order chi connectivity index (χ0) is 14.8. The maximum absolute atomic E-state index is 12.3. The molecule has 1 atom stereocenters. The van der Waals surface area contributed by atoms with E-state index in [1.54, 1.807) is 36.1 Å². The van der Waals surface area contributed by atoms with Crippen molar-refractivity contribution in [1.82, 2.24) is 14.5 Å². The summed E-state index contributed by atoms with van der Waals surface area (Å²) in [4.78, 5) is -0.0164. The van der Waals surface area contributed by atoms with E-state index in [4.69, 9.17) is 17.3 Å². The normalized spacial score (nSPS) is 13.3. The third kappa shape index (κ3) is 3.50. The Balaban J connectivity index is 2.16. The summed E-state index contributed by atoms with van der Waals surface area (Å²) in [5.74, 6) is 0. The average Bonchev–Trinajstić information content (AvgIpc) is 2.84. The van der Waals surface area contributed by atoms with Crippen LogP contribution in [0.5, 0.6) is 0 Å². The van der Waals surface area contributed by atoms with E-state index in [0.29, 0.717) is 11.6 Å². The van der Waals surface area contributed by atoms with Crippen LogP contribution in [0.1, 0.15) is 6.92 Å². The van der Waals surface area contributed by atoms with Crippen molar-refractivity contribution in [3.8, 4) is 0 Å². The van der Waals surface area contributed by atoms with E-state index in [-0.39, 0.29) is 16.6 Å². The molecule has 0 saturated carbocycles. The number of hydrogen-bond acceptors (Lipinski definition) is 4. The highest BCUT2D eigenvalue weighted by molar-refractivity contribution is 7.89. The molecule has 108 valence electrons. The van der Waals surface area contributed by atoms with Gasteiger partial charge >= 0.3 is 0 Å². The number of hydrogen-bond donors (Lipinski definition) is 2. The molecule has 1 heterocycles. The summed E-state index contributed by atoms with van der Waals surface area (Å²) in [5, 5.41) is 4.35. The number of aromatic nitrogens is 2. The number of anilines is 1. The van der Waals surface area contributed by atoms with Crippen LogP contribution in [0.3, 0.4) is 0 Å². The van der Waals surface area contributed by atoms with E-state index in [1.807, 2.05) is 0 Å². The predicted molar refractivity (Wildman–Crippen MR) is 77.9 cm³/mol. The van der Waals surface area contributed by atoms with Crippen molar-refractivity contribution < 1.29 is 8.42 Å². The smallest absolute Gasteiger partial charge is 0.242 e. The Morgan fingerprint density at radius 2 is 2.25 bits per heavy atom. The summed E-state index contributed by atoms with van der Waals surface area (Å²) in [6.07, 6.45) is 3.40. The minimum atomic E-state index is -3.72. The third-order valence-corrected chi connectivity index (χ3v) is 4.52. The van der Waals surface area contributed by atoms with Gasteiger partial charge in [-0.3, -0.25) is 4.68 Å². The number of nitrogens with zero attached hydrogens (tertiary/aromatic N) is 2. The van der Waals surface area contributed by atoms with Crippen LogP contribution in [0.4, 0.5) is 5.69 Å². The minimum absolute atomic E-state index is 0.0164. The van der Waals surface area contributed by atoms with Gasteiger partial charge in [0, 0.05) is 23.5 Å². The lowest BCUT2D eigenvalue weighted by atomic mass is 10.3. The summed E-state index contributed by atoms with van der Waals surface area (Å²) in [5.41, 5.74) is 5.85. The van der Waals surface area contributed by atoms with Crippen molar-refractivity contribution in [3.05, 3.63) is 41.7 Å². The molecule has 3 N–H and O–H groups in total. The number of sulfonamides is 1. The van der Waals surface area contributed by atoms with Crippen LogP contribution in [0, 0.1) is 0 Å². The lowest BCUT2D eigenvalue weighted by molar-refractivity contribution is 0.494. The maximum Gasteiger partial charge on any atom is 0.242 e. The number of rotatable bonds is 5. The van der Waals surface area contributed by atoms with Crippen molar-refractivity contribution >= 4 is 27.3 Å². The van der Waals surface area contributed by atoms with Crippen molar-refractivity contribution in [2.75, 3.05) is 5.73 Å². The summed E-state index contributed by atoms with van der Waals surface area (Å²) in [6.45, 7) is 2.17. The standard InChI is InChI=1S/C12H15ClN4O2S/c1-9(8-17-6-2-5-15-17)16-20(18,19)12-7-10(13)3-4-11(12)14/h2-7,9,16H,8,14H2,1H3. The highest BCUT2D eigenvalue weighted by Crippen LogP contribution is 2.22. The predicted octanol–water partition coefficient (Wildman–Crippen LogP) is 1.49. The van der Waals surface area contributed by atoms with Gasteiger partial charge in [0.1, 0.15) is 4.90 Å². The molecule has 0 fully saturated rings. The Hall–Kier alpha value is -1.57. The molecule has 1 aromatic heterocycles. The lowest BCUT2D eigenvalue weighted by Gasteiger charge is -2.15. The zero-order valence-corrected chi connectivity index (χ0v) is 12.4. The van der Waals surface area contributed by atoms with E-state index in [2.05, 4.69) is 9.82 Å². The molecule has 0 aliphatic rings. The number of halogens is 1. The summed E-state index contributed by atoms with van der Waals surface area (Å²) in [6, 6.07) is 5.78. The van der Waals surface area contributed by atoms with Crippen LogP contribution in [-0.4, -0.2) is 24.2 Å². The van der Waals surface area contributed by atoms with Gasteiger partial charge in [-0.1, -0.05) is 11.6 Å². The molecular weight excluding hydrogens is 300 g/mol. The van der Waals surface area contributed by atoms with Gasteiger partial charge in [0.2, 0.25) is 10.0 Å². The van der Waals surface area contributed by atoms with Gasteiger partial charge in [-0.15, -0.1) is 0 Å². The Bertz CT molecular complexity index is 685. The summed E-state index contributed by atoms with van der Waals surface area (Å²) >= 11 is 5.81. The van der Waals surface area contributed by atoms with Crippen LogP contribution in [0.15, 0.2) is 41.6 Å². The number of nitrogen functional groups attached to an aromatic ring is 1. The molecule has 0 amide bonds. The van der Waals surface area contributed by atoms with Crippen LogP contribution in [0.25, 0.3) is 0 Å². The largest absolute Gasteiger partial charge is 0.398 e. The SMILES string of the molecule is CC(Cn1cccn1)NS(=O)(=O)c1cc(Cl)ccc1N. The van der Waals surface area contributed by atoms with Crippen LogP contribution < -0.4 is 10.5 Å². The van der Waals surface area contributed by atoms with Crippen molar-refractivity contribution in [3.63, 3.8) is 0 Å². The molecule has 0 bridgehead atoms. The van der Waals surface area contributed by atoms with E-state index in [9.17, 15) is 8.42 Å². The molecule has 8 heteroatoms. The van der Waals surface area contributed by atoms with E-state index in [0.717, 1.165) is 0 Å². The molecule has 1 aromatic carbocycles. The van der Waals surface area contributed by atoms with Gasteiger partial charge in [0.25, 0.3) is 0 Å². The van der Waals surface area contributed by atoms with Gasteiger partial charge in [0.05, 0.1) is 12.2 Å². The second-order valence-corrected chi connectivity index (χ2v) is 6.55. The first-order chi connectivity index (χ1) is 9.38. The highest BCUT2D eigenvalue weighted by Gasteiger charge is 2.20. The quantitative estimate of drug-likeness (QED) is 0.818. The zero-order valence-electron chi connectivity index (χ0n) is 10.8. The van der Waals surface area contributed by atoms with E-state index >= 15 is 0 Å². The summed E-state index contributed by atoms with van der Waals surface area (Å²) in [7, 11) is -3.72. The van der Waals surface area contributed by atoms with E-state index in [1.165, 1.54) is 12.1 Å². The van der Waals surface area contributed by atoms with Crippen molar-refractivity contribution in [1.29, 1.82) is 0 Å². The first-order valence-corrected chi connectivity index (χ1v) is 7.79. The third-order valence-electron chi connectivity index (χ3n) is 2.64. The number of benzene rings is 1. The van der Waals surface area contributed by atoms with Gasteiger partial charge in [0.15, 0.2) is 0 Å².